The second kappa shape index (κ2) is 19.4. The van der Waals surface area contributed by atoms with Crippen LogP contribution in [-0.4, -0.2) is 50.3 Å². The summed E-state index contributed by atoms with van der Waals surface area (Å²) in [6.45, 7) is 2.70. The Morgan fingerprint density at radius 2 is 1.62 bits per heavy atom. The molecule has 0 unspecified atom stereocenters. The number of unbranched alkanes of at least 4 members (excludes halogenated alkanes) is 4. The van der Waals surface area contributed by atoms with Crippen molar-refractivity contribution in [1.29, 1.82) is 0 Å². The minimum absolute atomic E-state index is 0. The Morgan fingerprint density at radius 1 is 1.03 bits per heavy atom. The monoisotopic (exact) mass is 563 g/mol. The fourth-order valence-electron chi connectivity index (χ4n) is 3.19. The molecule has 0 atom stereocenters. The summed E-state index contributed by atoms with van der Waals surface area (Å²) < 4.78 is 28.2. The van der Waals surface area contributed by atoms with Crippen LogP contribution in [-0.2, 0) is 19.1 Å². The number of rotatable bonds is 13. The highest BCUT2D eigenvalue weighted by Crippen LogP contribution is 2.33. The van der Waals surface area contributed by atoms with E-state index in [9.17, 15) is 18.8 Å². The lowest BCUT2D eigenvalue weighted by atomic mass is 10.0. The first-order valence-electron chi connectivity index (χ1n) is 11.8. The molecule has 208 valence electrons. The van der Waals surface area contributed by atoms with Gasteiger partial charge in [-0.1, -0.05) is 35.7 Å². The molecule has 37 heavy (non-hydrogen) atoms. The number of ether oxygens (including phenoxy) is 2. The summed E-state index contributed by atoms with van der Waals surface area (Å²) in [5.41, 5.74) is 5.53. The van der Waals surface area contributed by atoms with E-state index >= 15 is 0 Å². The van der Waals surface area contributed by atoms with Crippen molar-refractivity contribution in [2.24, 2.45) is 5.73 Å². The maximum absolute atomic E-state index is 14.1. The molecule has 1 heterocycles. The fraction of sp³-hybridized carbons (Fsp3) is 0.520. The van der Waals surface area contributed by atoms with Gasteiger partial charge >= 0.3 is 11.9 Å². The van der Waals surface area contributed by atoms with Gasteiger partial charge in [-0.15, -0.1) is 12.4 Å². The fourth-order valence-corrected chi connectivity index (χ4v) is 3.44. The zero-order valence-electron chi connectivity index (χ0n) is 21.4. The number of esters is 2. The van der Waals surface area contributed by atoms with Gasteiger partial charge in [0.05, 0.1) is 24.8 Å². The van der Waals surface area contributed by atoms with Gasteiger partial charge < -0.3 is 25.0 Å². The van der Waals surface area contributed by atoms with Crippen molar-refractivity contribution in [2.45, 2.75) is 58.3 Å². The van der Waals surface area contributed by atoms with Gasteiger partial charge in [0.25, 0.3) is 5.91 Å². The van der Waals surface area contributed by atoms with E-state index in [0.717, 1.165) is 25.7 Å². The molecule has 9 nitrogen and oxygen atoms in total. The predicted molar refractivity (Wildman–Crippen MR) is 141 cm³/mol. The van der Waals surface area contributed by atoms with Crippen LogP contribution in [0.25, 0.3) is 11.3 Å². The van der Waals surface area contributed by atoms with Crippen molar-refractivity contribution in [3.05, 3.63) is 40.4 Å². The lowest BCUT2D eigenvalue weighted by Crippen LogP contribution is -2.25. The van der Waals surface area contributed by atoms with E-state index in [1.54, 1.807) is 6.92 Å². The number of aromatic nitrogens is 1. The predicted octanol–water partition coefficient (Wildman–Crippen LogP) is 5.01. The third kappa shape index (κ3) is 12.4. The number of amides is 1. The number of nitrogens with one attached hydrogen (secondary N) is 1. The van der Waals surface area contributed by atoms with Crippen LogP contribution >= 0.6 is 24.0 Å². The smallest absolute Gasteiger partial charge is 0.305 e. The number of aryl methyl sites for hydroxylation is 1. The number of nitrogens with zero attached hydrogens (tertiary/aromatic N) is 1. The van der Waals surface area contributed by atoms with Gasteiger partial charge in [-0.25, -0.2) is 4.39 Å². The summed E-state index contributed by atoms with van der Waals surface area (Å²) in [7, 11) is 2.76. The summed E-state index contributed by atoms with van der Waals surface area (Å²) >= 11 is 6.06. The van der Waals surface area contributed by atoms with Gasteiger partial charge in [0.2, 0.25) is 0 Å². The van der Waals surface area contributed by atoms with E-state index < -0.39 is 11.7 Å². The standard InChI is InChI=1S/C18H20ClFN2O4.C7H15NO2.ClH/c1-11-15(18(24)21-10-5-3-4-9-14(23)25-2)17(22-26-11)16-12(19)7-6-8-13(16)20;1-10-7(9)5-3-2-4-6-8;/h6-8H,3-5,9-10H2,1-2H3,(H,21,24);2-6,8H2,1H3;1H. The lowest BCUT2D eigenvalue weighted by molar-refractivity contribution is -0.141. The molecule has 0 aliphatic heterocycles. The molecule has 2 rings (SSSR count). The molecule has 0 saturated heterocycles. The van der Waals surface area contributed by atoms with Crippen LogP contribution in [0.4, 0.5) is 4.39 Å². The second-order valence-electron chi connectivity index (χ2n) is 7.88. The van der Waals surface area contributed by atoms with Crippen molar-refractivity contribution in [2.75, 3.05) is 27.3 Å². The van der Waals surface area contributed by atoms with Gasteiger partial charge in [-0.05, 0) is 51.3 Å². The average molecular weight is 564 g/mol. The first kappa shape index (κ1) is 34.3. The van der Waals surface area contributed by atoms with E-state index in [0.29, 0.717) is 38.8 Å². The third-order valence-corrected chi connectivity index (χ3v) is 5.49. The molecule has 1 aromatic heterocycles. The number of carbonyl (C=O) groups is 3. The van der Waals surface area contributed by atoms with E-state index in [1.165, 1.54) is 32.4 Å². The highest BCUT2D eigenvalue weighted by atomic mass is 35.5. The van der Waals surface area contributed by atoms with E-state index in [-0.39, 0.29) is 51.9 Å². The summed E-state index contributed by atoms with van der Waals surface area (Å²) in [6.07, 6.45) is 5.94. The zero-order valence-corrected chi connectivity index (χ0v) is 23.0. The molecule has 2 aromatic rings. The van der Waals surface area contributed by atoms with Crippen LogP contribution in [0.5, 0.6) is 0 Å². The minimum Gasteiger partial charge on any atom is -0.469 e. The largest absolute Gasteiger partial charge is 0.469 e. The second-order valence-corrected chi connectivity index (χ2v) is 8.28. The number of benzene rings is 1. The molecule has 0 spiro atoms. The number of carbonyl (C=O) groups excluding carboxylic acids is 3. The number of methoxy groups -OCH3 is 2. The molecule has 0 aliphatic carbocycles. The minimum atomic E-state index is -0.581. The Hall–Kier alpha value is -2.69. The molecule has 12 heteroatoms. The molecule has 0 aliphatic rings. The molecule has 1 aromatic carbocycles. The normalized spacial score (nSPS) is 10.0. The summed E-state index contributed by atoms with van der Waals surface area (Å²) in [5, 5.41) is 6.71. The Bertz CT molecular complexity index is 967. The third-order valence-electron chi connectivity index (χ3n) is 5.17. The topological polar surface area (TPSA) is 134 Å². The molecule has 0 bridgehead atoms. The summed E-state index contributed by atoms with van der Waals surface area (Å²) in [5.74, 6) is -1.09. The lowest BCUT2D eigenvalue weighted by Gasteiger charge is -2.07. The van der Waals surface area contributed by atoms with Crippen molar-refractivity contribution in [3.63, 3.8) is 0 Å². The number of hydrogen-bond acceptors (Lipinski definition) is 8. The van der Waals surface area contributed by atoms with Crippen LogP contribution in [0.3, 0.4) is 0 Å². The number of hydrogen-bond donors (Lipinski definition) is 2. The Labute approximate surface area is 228 Å². The van der Waals surface area contributed by atoms with Crippen molar-refractivity contribution in [1.82, 2.24) is 10.5 Å². The molecule has 1 amide bonds. The maximum atomic E-state index is 14.1. The first-order chi connectivity index (χ1) is 17.3. The van der Waals surface area contributed by atoms with Crippen molar-refractivity contribution >= 4 is 41.9 Å². The van der Waals surface area contributed by atoms with Crippen LogP contribution in [0, 0.1) is 12.7 Å². The van der Waals surface area contributed by atoms with Crippen LogP contribution in [0.2, 0.25) is 5.02 Å². The number of nitrogens with two attached hydrogens (primary N) is 1. The van der Waals surface area contributed by atoms with E-state index in [1.807, 2.05) is 0 Å². The molecular formula is C25H36Cl2FN3O6. The Morgan fingerprint density at radius 3 is 2.16 bits per heavy atom. The maximum Gasteiger partial charge on any atom is 0.305 e. The quantitative estimate of drug-likeness (QED) is 0.256. The molecule has 0 saturated carbocycles. The SMILES string of the molecule is COC(=O)CCCCCN.COC(=O)CCCCCNC(=O)c1c(-c2c(F)cccc2Cl)noc1C.Cl. The van der Waals surface area contributed by atoms with Crippen LogP contribution in [0.1, 0.15) is 67.5 Å². The van der Waals surface area contributed by atoms with Crippen LogP contribution in [0.15, 0.2) is 22.7 Å². The van der Waals surface area contributed by atoms with Crippen molar-refractivity contribution < 1.29 is 32.8 Å². The highest BCUT2D eigenvalue weighted by Gasteiger charge is 2.25. The van der Waals surface area contributed by atoms with E-state index in [2.05, 4.69) is 19.9 Å². The molecule has 3 N–H and O–H groups in total. The average Bonchev–Trinajstić information content (AvgIpc) is 3.24. The number of halogens is 3. The van der Waals surface area contributed by atoms with Crippen molar-refractivity contribution in [3.8, 4) is 11.3 Å². The van der Waals surface area contributed by atoms with E-state index in [4.69, 9.17) is 21.9 Å². The van der Waals surface area contributed by atoms with Gasteiger partial charge in [-0.2, -0.15) is 0 Å². The van der Waals surface area contributed by atoms with Gasteiger partial charge in [0.1, 0.15) is 22.8 Å². The molecular weight excluding hydrogens is 528 g/mol. The van der Waals surface area contributed by atoms with Gasteiger partial charge in [0, 0.05) is 19.4 Å². The summed E-state index contributed by atoms with van der Waals surface area (Å²) in [4.78, 5) is 34.0. The Kier molecular flexibility index (Phi) is 18.0. The Balaban J connectivity index is 0.00000100. The van der Waals surface area contributed by atoms with Crippen LogP contribution < -0.4 is 11.1 Å². The van der Waals surface area contributed by atoms with Gasteiger partial charge in [0.15, 0.2) is 0 Å². The highest BCUT2D eigenvalue weighted by molar-refractivity contribution is 6.33. The summed E-state index contributed by atoms with van der Waals surface area (Å²) in [6, 6.07) is 4.24. The molecule has 0 radical (unpaired) electrons. The van der Waals surface area contributed by atoms with Gasteiger partial charge in [-0.3, -0.25) is 14.4 Å². The zero-order chi connectivity index (χ0) is 26.9. The molecule has 0 fully saturated rings. The first-order valence-corrected chi connectivity index (χ1v) is 12.2.